The molecule has 1 nitrogen and oxygen atoms in total. The molecule has 7 heavy (non-hydrogen) atoms. The number of methoxy groups -OCH3 is 1. The molecule has 0 aromatic carbocycles. The average Bonchev–Trinajstić information content (AvgIpc) is 2.14. The number of hydrogen-bond donors (Lipinski definition) is 0. The molecule has 1 atom stereocenters. The molecule has 1 fully saturated rings. The Hall–Kier alpha value is 0.310. The van der Waals surface area contributed by atoms with Crippen molar-refractivity contribution in [3.8, 4) is 0 Å². The van der Waals surface area contributed by atoms with Crippen LogP contribution in [0, 0.1) is 0 Å². The van der Waals surface area contributed by atoms with Crippen molar-refractivity contribution in [3.05, 3.63) is 0 Å². The lowest BCUT2D eigenvalue weighted by Gasteiger charge is -2.01. The number of hydrogen-bond acceptors (Lipinski definition) is 2. The lowest BCUT2D eigenvalue weighted by molar-refractivity contribution is 0.171. The molecule has 0 aromatic heterocycles. The van der Waals surface area contributed by atoms with Gasteiger partial charge in [0.1, 0.15) is 5.44 Å². The van der Waals surface area contributed by atoms with E-state index in [9.17, 15) is 0 Å². The highest BCUT2D eigenvalue weighted by Crippen LogP contribution is 2.25. The highest BCUT2D eigenvalue weighted by molar-refractivity contribution is 8.00. The largest absolute Gasteiger partial charge is 0.371 e. The second-order valence-electron chi connectivity index (χ2n) is 1.68. The molecule has 1 aliphatic rings. The quantitative estimate of drug-likeness (QED) is 0.516. The highest BCUT2D eigenvalue weighted by atomic mass is 32.2. The zero-order chi connectivity index (χ0) is 5.11. The number of ether oxygens (including phenoxy) is 1. The Morgan fingerprint density at radius 2 is 2.57 bits per heavy atom. The Bertz CT molecular complexity index is 50.0. The topological polar surface area (TPSA) is 9.23 Å². The smallest absolute Gasteiger partial charge is 0.102 e. The van der Waals surface area contributed by atoms with Gasteiger partial charge in [0, 0.05) is 7.11 Å². The molecule has 0 saturated carbocycles. The molecule has 0 amide bonds. The maximum atomic E-state index is 5.07. The van der Waals surface area contributed by atoms with Gasteiger partial charge in [0.2, 0.25) is 0 Å². The van der Waals surface area contributed by atoms with E-state index >= 15 is 0 Å². The van der Waals surface area contributed by atoms with E-state index in [1.807, 2.05) is 11.8 Å². The first-order chi connectivity index (χ1) is 3.43. The van der Waals surface area contributed by atoms with Gasteiger partial charge in [-0.15, -0.1) is 11.8 Å². The van der Waals surface area contributed by atoms with Crippen molar-refractivity contribution in [2.45, 2.75) is 18.3 Å². The molecule has 0 aromatic rings. The third kappa shape index (κ3) is 1.35. The SMILES string of the molecule is COC1CCCS1. The van der Waals surface area contributed by atoms with Gasteiger partial charge in [-0.1, -0.05) is 0 Å². The van der Waals surface area contributed by atoms with Crippen LogP contribution in [0.15, 0.2) is 0 Å². The molecular weight excluding hydrogens is 108 g/mol. The summed E-state index contributed by atoms with van der Waals surface area (Å²) in [6.07, 6.45) is 2.59. The maximum Gasteiger partial charge on any atom is 0.102 e. The van der Waals surface area contributed by atoms with Gasteiger partial charge in [-0.2, -0.15) is 0 Å². The first-order valence-electron chi connectivity index (χ1n) is 2.58. The van der Waals surface area contributed by atoms with Gasteiger partial charge in [-0.05, 0) is 18.6 Å². The molecule has 1 aliphatic heterocycles. The Morgan fingerprint density at radius 3 is 2.86 bits per heavy atom. The van der Waals surface area contributed by atoms with Crippen LogP contribution in [-0.4, -0.2) is 18.3 Å². The summed E-state index contributed by atoms with van der Waals surface area (Å²) in [5, 5.41) is 0. The van der Waals surface area contributed by atoms with Crippen LogP contribution in [-0.2, 0) is 4.74 Å². The van der Waals surface area contributed by atoms with Crippen LogP contribution in [0.4, 0.5) is 0 Å². The minimum atomic E-state index is 0.514. The summed E-state index contributed by atoms with van der Waals surface area (Å²) < 4.78 is 5.07. The van der Waals surface area contributed by atoms with Crippen molar-refractivity contribution < 1.29 is 4.74 Å². The van der Waals surface area contributed by atoms with Crippen molar-refractivity contribution in [3.63, 3.8) is 0 Å². The normalized spacial score (nSPS) is 31.3. The minimum Gasteiger partial charge on any atom is -0.371 e. The Balaban J connectivity index is 2.14. The van der Waals surface area contributed by atoms with E-state index in [2.05, 4.69) is 0 Å². The Labute approximate surface area is 48.4 Å². The van der Waals surface area contributed by atoms with Crippen LogP contribution < -0.4 is 0 Å². The fraction of sp³-hybridized carbons (Fsp3) is 1.00. The predicted molar refractivity (Wildman–Crippen MR) is 32.5 cm³/mol. The predicted octanol–water partition coefficient (Wildman–Crippen LogP) is 1.49. The molecule has 1 unspecified atom stereocenters. The van der Waals surface area contributed by atoms with E-state index in [0.717, 1.165) is 0 Å². The lowest BCUT2D eigenvalue weighted by Crippen LogP contribution is -1.96. The summed E-state index contributed by atoms with van der Waals surface area (Å²) in [6.45, 7) is 0. The van der Waals surface area contributed by atoms with E-state index in [-0.39, 0.29) is 0 Å². The Kier molecular flexibility index (Phi) is 2.00. The molecule has 42 valence electrons. The van der Waals surface area contributed by atoms with Crippen LogP contribution >= 0.6 is 11.8 Å². The molecule has 0 bridgehead atoms. The maximum absolute atomic E-state index is 5.07. The van der Waals surface area contributed by atoms with Crippen LogP contribution in [0.1, 0.15) is 12.8 Å². The summed E-state index contributed by atoms with van der Waals surface area (Å²) >= 11 is 1.92. The Morgan fingerprint density at radius 1 is 1.71 bits per heavy atom. The van der Waals surface area contributed by atoms with Gasteiger partial charge in [0.05, 0.1) is 0 Å². The number of thioether (sulfide) groups is 1. The summed E-state index contributed by atoms with van der Waals surface area (Å²) in [5.74, 6) is 1.29. The number of rotatable bonds is 1. The van der Waals surface area contributed by atoms with Crippen LogP contribution in [0.25, 0.3) is 0 Å². The standard InChI is InChI=1S/C5H10OS/c1-6-5-3-2-4-7-5/h5H,2-4H2,1H3. The molecule has 0 aliphatic carbocycles. The van der Waals surface area contributed by atoms with Gasteiger partial charge in [-0.3, -0.25) is 0 Å². The fourth-order valence-electron chi connectivity index (χ4n) is 0.734. The van der Waals surface area contributed by atoms with Gasteiger partial charge >= 0.3 is 0 Å². The van der Waals surface area contributed by atoms with Crippen LogP contribution in [0.3, 0.4) is 0 Å². The summed E-state index contributed by atoms with van der Waals surface area (Å²) in [7, 11) is 1.78. The fourth-order valence-corrected chi connectivity index (χ4v) is 1.80. The van der Waals surface area contributed by atoms with Crippen molar-refractivity contribution in [1.82, 2.24) is 0 Å². The lowest BCUT2D eigenvalue weighted by atomic mass is 10.4. The molecule has 2 heteroatoms. The first kappa shape index (κ1) is 5.45. The average molecular weight is 118 g/mol. The summed E-state index contributed by atoms with van der Waals surface area (Å²) in [5.41, 5.74) is 0.514. The molecule has 1 heterocycles. The van der Waals surface area contributed by atoms with Crippen molar-refractivity contribution in [2.75, 3.05) is 12.9 Å². The highest BCUT2D eigenvalue weighted by Gasteiger charge is 2.12. The second kappa shape index (κ2) is 2.58. The molecule has 0 N–H and O–H groups in total. The van der Waals surface area contributed by atoms with E-state index in [0.29, 0.717) is 5.44 Å². The summed E-state index contributed by atoms with van der Waals surface area (Å²) in [4.78, 5) is 0. The van der Waals surface area contributed by atoms with Gasteiger partial charge < -0.3 is 4.74 Å². The van der Waals surface area contributed by atoms with E-state index in [1.165, 1.54) is 18.6 Å². The monoisotopic (exact) mass is 118 g/mol. The first-order valence-corrected chi connectivity index (χ1v) is 3.63. The van der Waals surface area contributed by atoms with Crippen LogP contribution in [0.5, 0.6) is 0 Å². The van der Waals surface area contributed by atoms with E-state index < -0.39 is 0 Å². The summed E-state index contributed by atoms with van der Waals surface area (Å²) in [6, 6.07) is 0. The minimum absolute atomic E-state index is 0.514. The van der Waals surface area contributed by atoms with Gasteiger partial charge in [0.25, 0.3) is 0 Å². The zero-order valence-electron chi connectivity index (χ0n) is 4.52. The molecule has 0 radical (unpaired) electrons. The van der Waals surface area contributed by atoms with Gasteiger partial charge in [-0.25, -0.2) is 0 Å². The zero-order valence-corrected chi connectivity index (χ0v) is 5.33. The van der Waals surface area contributed by atoms with Crippen molar-refractivity contribution in [2.24, 2.45) is 0 Å². The van der Waals surface area contributed by atoms with Crippen molar-refractivity contribution >= 4 is 11.8 Å². The second-order valence-corrected chi connectivity index (χ2v) is 2.95. The molecule has 0 spiro atoms. The third-order valence-electron chi connectivity index (χ3n) is 1.15. The van der Waals surface area contributed by atoms with Gasteiger partial charge in [0.15, 0.2) is 0 Å². The van der Waals surface area contributed by atoms with Crippen LogP contribution in [0.2, 0.25) is 0 Å². The van der Waals surface area contributed by atoms with E-state index in [1.54, 1.807) is 7.11 Å². The van der Waals surface area contributed by atoms with E-state index in [4.69, 9.17) is 4.74 Å². The van der Waals surface area contributed by atoms with Crippen molar-refractivity contribution in [1.29, 1.82) is 0 Å². The molecule has 1 rings (SSSR count). The molecular formula is C5H10OS. The molecule has 1 saturated heterocycles. The third-order valence-corrected chi connectivity index (χ3v) is 2.48.